The van der Waals surface area contributed by atoms with Gasteiger partial charge in [0.1, 0.15) is 6.10 Å². The molecular formula is C21H24O6. The second-order valence-corrected chi connectivity index (χ2v) is 6.19. The topological polar surface area (TPSA) is 66.4 Å². The summed E-state index contributed by atoms with van der Waals surface area (Å²) < 4.78 is 28.4. The molecular weight excluding hydrogens is 348 g/mol. The molecule has 6 heteroatoms. The van der Waals surface area contributed by atoms with Gasteiger partial charge in [0.25, 0.3) is 0 Å². The SMILES string of the molecule is CC=Cc1cc(OC)c2c(c1)O[C@H](c1cc(OC)c(O)c(OC)c1)[C@@H](C)O2. The van der Waals surface area contributed by atoms with Gasteiger partial charge in [-0.3, -0.25) is 0 Å². The van der Waals surface area contributed by atoms with Crippen molar-refractivity contribution in [3.63, 3.8) is 0 Å². The van der Waals surface area contributed by atoms with Crippen LogP contribution in [0.3, 0.4) is 0 Å². The Labute approximate surface area is 158 Å². The maximum atomic E-state index is 10.2. The summed E-state index contributed by atoms with van der Waals surface area (Å²) in [6.45, 7) is 3.86. The van der Waals surface area contributed by atoms with Crippen LogP contribution >= 0.6 is 0 Å². The van der Waals surface area contributed by atoms with Crippen LogP contribution in [0.15, 0.2) is 30.3 Å². The van der Waals surface area contributed by atoms with Gasteiger partial charge in [0, 0.05) is 5.56 Å². The first kappa shape index (κ1) is 18.8. The van der Waals surface area contributed by atoms with Crippen molar-refractivity contribution in [2.24, 2.45) is 0 Å². The van der Waals surface area contributed by atoms with Crippen LogP contribution in [-0.4, -0.2) is 32.5 Å². The third-order valence-corrected chi connectivity index (χ3v) is 4.44. The van der Waals surface area contributed by atoms with E-state index in [4.69, 9.17) is 23.7 Å². The van der Waals surface area contributed by atoms with Crippen LogP contribution < -0.4 is 23.7 Å². The fourth-order valence-electron chi connectivity index (χ4n) is 3.14. The van der Waals surface area contributed by atoms with Crippen molar-refractivity contribution in [2.45, 2.75) is 26.1 Å². The standard InChI is InChI=1S/C21H24O6/c1-6-7-13-8-17(25-5)21-18(9-13)27-20(12(2)26-21)14-10-15(23-3)19(22)16(11-14)24-4/h6-12,20,22H,1-5H3/t12-,20+/m1/s1. The molecule has 0 saturated carbocycles. The quantitative estimate of drug-likeness (QED) is 0.842. The maximum absolute atomic E-state index is 10.2. The minimum absolute atomic E-state index is 0.0504. The summed E-state index contributed by atoms with van der Waals surface area (Å²) in [5.41, 5.74) is 1.72. The molecule has 0 aromatic heterocycles. The van der Waals surface area contributed by atoms with Crippen LogP contribution in [0, 0.1) is 0 Å². The van der Waals surface area contributed by atoms with Gasteiger partial charge in [-0.2, -0.15) is 0 Å². The first-order chi connectivity index (χ1) is 13.0. The summed E-state index contributed by atoms with van der Waals surface area (Å²) in [5.74, 6) is 2.36. The Morgan fingerprint density at radius 2 is 1.56 bits per heavy atom. The molecule has 0 bridgehead atoms. The maximum Gasteiger partial charge on any atom is 0.204 e. The fourth-order valence-corrected chi connectivity index (χ4v) is 3.14. The smallest absolute Gasteiger partial charge is 0.204 e. The van der Waals surface area contributed by atoms with E-state index in [0.29, 0.717) is 28.7 Å². The first-order valence-electron chi connectivity index (χ1n) is 8.65. The third kappa shape index (κ3) is 3.47. The van der Waals surface area contributed by atoms with E-state index in [9.17, 15) is 5.11 Å². The van der Waals surface area contributed by atoms with Crippen LogP contribution in [0.25, 0.3) is 6.08 Å². The second kappa shape index (κ2) is 7.70. The van der Waals surface area contributed by atoms with Crippen molar-refractivity contribution >= 4 is 6.08 Å². The zero-order valence-electron chi connectivity index (χ0n) is 16.1. The molecule has 0 unspecified atom stereocenters. The Bertz CT molecular complexity index is 833. The number of rotatable bonds is 5. The van der Waals surface area contributed by atoms with Crippen LogP contribution in [0.5, 0.6) is 34.5 Å². The Kier molecular flexibility index (Phi) is 5.35. The van der Waals surface area contributed by atoms with Gasteiger partial charge >= 0.3 is 0 Å². The van der Waals surface area contributed by atoms with Gasteiger partial charge in [-0.05, 0) is 43.7 Å². The van der Waals surface area contributed by atoms with Gasteiger partial charge in [0.2, 0.25) is 11.5 Å². The lowest BCUT2D eigenvalue weighted by Crippen LogP contribution is -2.31. The van der Waals surface area contributed by atoms with E-state index >= 15 is 0 Å². The number of benzene rings is 2. The Morgan fingerprint density at radius 1 is 0.926 bits per heavy atom. The molecule has 2 atom stereocenters. The summed E-state index contributed by atoms with van der Waals surface area (Å²) >= 11 is 0. The molecule has 0 fully saturated rings. The average Bonchev–Trinajstić information content (AvgIpc) is 2.67. The number of hydrogen-bond donors (Lipinski definition) is 1. The van der Waals surface area contributed by atoms with Crippen molar-refractivity contribution < 1.29 is 28.8 Å². The highest BCUT2D eigenvalue weighted by atomic mass is 16.6. The third-order valence-electron chi connectivity index (χ3n) is 4.44. The van der Waals surface area contributed by atoms with E-state index < -0.39 is 6.10 Å². The van der Waals surface area contributed by atoms with E-state index in [1.165, 1.54) is 14.2 Å². The second-order valence-electron chi connectivity index (χ2n) is 6.19. The Hall–Kier alpha value is -3.02. The lowest BCUT2D eigenvalue weighted by atomic mass is 10.0. The number of aromatic hydroxyl groups is 1. The monoisotopic (exact) mass is 372 g/mol. The van der Waals surface area contributed by atoms with Crippen LogP contribution in [0.4, 0.5) is 0 Å². The Morgan fingerprint density at radius 3 is 2.11 bits per heavy atom. The minimum atomic E-state index is -0.411. The lowest BCUT2D eigenvalue weighted by Gasteiger charge is -2.33. The number of allylic oxidation sites excluding steroid dienone is 1. The van der Waals surface area contributed by atoms with Crippen molar-refractivity contribution in [1.82, 2.24) is 0 Å². The molecule has 0 amide bonds. The number of hydrogen-bond acceptors (Lipinski definition) is 6. The predicted octanol–water partition coefficient (Wildman–Crippen LogP) is 4.35. The van der Waals surface area contributed by atoms with Crippen LogP contribution in [0.1, 0.15) is 31.1 Å². The molecule has 6 nitrogen and oxygen atoms in total. The molecule has 27 heavy (non-hydrogen) atoms. The molecule has 3 rings (SSSR count). The number of fused-ring (bicyclic) bond motifs is 1. The van der Waals surface area contributed by atoms with Crippen molar-refractivity contribution in [2.75, 3.05) is 21.3 Å². The lowest BCUT2D eigenvalue weighted by molar-refractivity contribution is 0.0279. The van der Waals surface area contributed by atoms with E-state index in [1.807, 2.05) is 38.1 Å². The van der Waals surface area contributed by atoms with E-state index in [0.717, 1.165) is 11.1 Å². The molecule has 0 aliphatic carbocycles. The molecule has 2 aromatic carbocycles. The van der Waals surface area contributed by atoms with Gasteiger partial charge in [0.15, 0.2) is 29.1 Å². The van der Waals surface area contributed by atoms with Crippen LogP contribution in [-0.2, 0) is 0 Å². The van der Waals surface area contributed by atoms with Gasteiger partial charge < -0.3 is 28.8 Å². The molecule has 144 valence electrons. The molecule has 1 N–H and O–H groups in total. The number of phenols is 1. The summed E-state index contributed by atoms with van der Waals surface area (Å²) in [6, 6.07) is 7.26. The van der Waals surface area contributed by atoms with E-state index in [1.54, 1.807) is 19.2 Å². The minimum Gasteiger partial charge on any atom is -0.502 e. The molecule has 1 heterocycles. The van der Waals surface area contributed by atoms with Gasteiger partial charge in [-0.1, -0.05) is 12.2 Å². The highest BCUT2D eigenvalue weighted by Crippen LogP contribution is 2.48. The Balaban J connectivity index is 2.05. The predicted molar refractivity (Wildman–Crippen MR) is 102 cm³/mol. The summed E-state index contributed by atoms with van der Waals surface area (Å²) in [5, 5.41) is 10.2. The highest BCUT2D eigenvalue weighted by Gasteiger charge is 2.33. The number of ether oxygens (including phenoxy) is 5. The molecule has 1 aliphatic rings. The normalized spacial score (nSPS) is 18.4. The molecule has 0 saturated heterocycles. The largest absolute Gasteiger partial charge is 0.502 e. The summed E-state index contributed by atoms with van der Waals surface area (Å²) in [4.78, 5) is 0. The highest BCUT2D eigenvalue weighted by molar-refractivity contribution is 5.63. The zero-order chi connectivity index (χ0) is 19.6. The van der Waals surface area contributed by atoms with Crippen molar-refractivity contribution in [3.05, 3.63) is 41.5 Å². The van der Waals surface area contributed by atoms with E-state index in [2.05, 4.69) is 0 Å². The number of phenolic OH excluding ortho intramolecular Hbond substituents is 1. The van der Waals surface area contributed by atoms with Crippen LogP contribution in [0.2, 0.25) is 0 Å². The zero-order valence-corrected chi connectivity index (χ0v) is 16.1. The number of methoxy groups -OCH3 is 3. The van der Waals surface area contributed by atoms with Gasteiger partial charge in [-0.25, -0.2) is 0 Å². The van der Waals surface area contributed by atoms with Crippen molar-refractivity contribution in [1.29, 1.82) is 0 Å². The first-order valence-corrected chi connectivity index (χ1v) is 8.65. The van der Waals surface area contributed by atoms with E-state index in [-0.39, 0.29) is 11.9 Å². The molecule has 0 radical (unpaired) electrons. The van der Waals surface area contributed by atoms with Gasteiger partial charge in [0.05, 0.1) is 21.3 Å². The fraction of sp³-hybridized carbons (Fsp3) is 0.333. The molecule has 2 aromatic rings. The van der Waals surface area contributed by atoms with Crippen molar-refractivity contribution in [3.8, 4) is 34.5 Å². The summed E-state index contributed by atoms with van der Waals surface area (Å²) in [6.07, 6.45) is 3.20. The molecule has 0 spiro atoms. The van der Waals surface area contributed by atoms with Gasteiger partial charge in [-0.15, -0.1) is 0 Å². The summed E-state index contributed by atoms with van der Waals surface area (Å²) in [7, 11) is 4.58. The average molecular weight is 372 g/mol. The molecule has 1 aliphatic heterocycles.